The number of methoxy groups -OCH3 is 2. The molecule has 0 radical (unpaired) electrons. The van der Waals surface area contributed by atoms with Crippen molar-refractivity contribution in [1.29, 1.82) is 0 Å². The minimum Gasteiger partial charge on any atom is -0.493 e. The third-order valence-electron chi connectivity index (χ3n) is 3.05. The second kappa shape index (κ2) is 6.23. The molecule has 5 heteroatoms. The van der Waals surface area contributed by atoms with Crippen molar-refractivity contribution in [3.05, 3.63) is 41.7 Å². The maximum atomic E-state index is 5.31. The summed E-state index contributed by atoms with van der Waals surface area (Å²) in [6.45, 7) is 3.99. The zero-order valence-electron chi connectivity index (χ0n) is 12.2. The van der Waals surface area contributed by atoms with Crippen LogP contribution in [0, 0.1) is 6.92 Å². The number of hydrogen-bond acceptors (Lipinski definition) is 5. The molecule has 1 heterocycles. The summed E-state index contributed by atoms with van der Waals surface area (Å²) in [5.74, 6) is 2.05. The molecule has 0 aliphatic heterocycles. The maximum Gasteiger partial charge on any atom is 0.223 e. The molecule has 0 aliphatic carbocycles. The van der Waals surface area contributed by atoms with Gasteiger partial charge >= 0.3 is 0 Å². The van der Waals surface area contributed by atoms with E-state index in [0.717, 1.165) is 17.0 Å². The predicted molar refractivity (Wildman–Crippen MR) is 78.4 cm³/mol. The molecule has 20 heavy (non-hydrogen) atoms. The van der Waals surface area contributed by atoms with Crippen molar-refractivity contribution < 1.29 is 9.47 Å². The van der Waals surface area contributed by atoms with Crippen molar-refractivity contribution in [2.75, 3.05) is 19.5 Å². The average Bonchev–Trinajstić information content (AvgIpc) is 2.46. The number of anilines is 1. The number of ether oxygens (including phenoxy) is 2. The zero-order chi connectivity index (χ0) is 14.5. The summed E-state index contributed by atoms with van der Waals surface area (Å²) in [6, 6.07) is 7.77. The quantitative estimate of drug-likeness (QED) is 0.907. The maximum absolute atomic E-state index is 5.31. The summed E-state index contributed by atoms with van der Waals surface area (Å²) < 4.78 is 10.5. The Labute approximate surface area is 119 Å². The van der Waals surface area contributed by atoms with Gasteiger partial charge in [0, 0.05) is 11.9 Å². The molecule has 0 spiro atoms. The molecule has 1 N–H and O–H groups in total. The van der Waals surface area contributed by atoms with Gasteiger partial charge in [0.05, 0.1) is 20.3 Å². The summed E-state index contributed by atoms with van der Waals surface area (Å²) in [6.07, 6.45) is 1.74. The van der Waals surface area contributed by atoms with Crippen molar-refractivity contribution in [2.24, 2.45) is 0 Å². The van der Waals surface area contributed by atoms with E-state index < -0.39 is 0 Å². The predicted octanol–water partition coefficient (Wildman–Crippen LogP) is 2.98. The van der Waals surface area contributed by atoms with Gasteiger partial charge in [0.15, 0.2) is 11.5 Å². The van der Waals surface area contributed by atoms with Crippen LogP contribution in [0.1, 0.15) is 24.2 Å². The number of benzene rings is 1. The molecule has 0 fully saturated rings. The summed E-state index contributed by atoms with van der Waals surface area (Å²) in [5.41, 5.74) is 2.01. The van der Waals surface area contributed by atoms with Gasteiger partial charge in [-0.2, -0.15) is 0 Å². The van der Waals surface area contributed by atoms with Crippen LogP contribution in [0.5, 0.6) is 11.5 Å². The standard InChI is InChI=1S/C15H19N3O2/c1-10-7-8-16-15(17-10)18-11(2)12-5-6-13(19-3)14(9-12)20-4/h5-9,11H,1-4H3,(H,16,17,18). The van der Waals surface area contributed by atoms with Gasteiger partial charge in [-0.3, -0.25) is 0 Å². The van der Waals surface area contributed by atoms with Crippen molar-refractivity contribution >= 4 is 5.95 Å². The Balaban J connectivity index is 2.18. The van der Waals surface area contributed by atoms with Crippen molar-refractivity contribution in [2.45, 2.75) is 19.9 Å². The van der Waals surface area contributed by atoms with Crippen LogP contribution in [0.2, 0.25) is 0 Å². The van der Waals surface area contributed by atoms with E-state index in [1.807, 2.05) is 38.1 Å². The van der Waals surface area contributed by atoms with Gasteiger partial charge in [-0.05, 0) is 37.6 Å². The number of hydrogen-bond donors (Lipinski definition) is 1. The van der Waals surface area contributed by atoms with Gasteiger partial charge in [-0.15, -0.1) is 0 Å². The average molecular weight is 273 g/mol. The molecular formula is C15H19N3O2. The highest BCUT2D eigenvalue weighted by Crippen LogP contribution is 2.30. The second-order valence-corrected chi connectivity index (χ2v) is 4.50. The largest absolute Gasteiger partial charge is 0.493 e. The Hall–Kier alpha value is -2.30. The first kappa shape index (κ1) is 14.1. The monoisotopic (exact) mass is 273 g/mol. The molecule has 0 bridgehead atoms. The summed E-state index contributed by atoms with van der Waals surface area (Å²) in [7, 11) is 3.25. The molecule has 5 nitrogen and oxygen atoms in total. The normalized spacial score (nSPS) is 11.8. The lowest BCUT2D eigenvalue weighted by molar-refractivity contribution is 0.354. The van der Waals surface area contributed by atoms with E-state index in [4.69, 9.17) is 9.47 Å². The highest BCUT2D eigenvalue weighted by atomic mass is 16.5. The first-order chi connectivity index (χ1) is 9.63. The third kappa shape index (κ3) is 3.17. The SMILES string of the molecule is COc1ccc(C(C)Nc2nccc(C)n2)cc1OC. The Kier molecular flexibility index (Phi) is 4.40. The van der Waals surface area contributed by atoms with Gasteiger partial charge in [-0.25, -0.2) is 9.97 Å². The molecule has 0 amide bonds. The number of rotatable bonds is 5. The van der Waals surface area contributed by atoms with Crippen LogP contribution in [-0.4, -0.2) is 24.2 Å². The van der Waals surface area contributed by atoms with Crippen LogP contribution >= 0.6 is 0 Å². The number of aryl methyl sites for hydroxylation is 1. The molecule has 2 aromatic rings. The van der Waals surface area contributed by atoms with E-state index in [1.165, 1.54) is 0 Å². The second-order valence-electron chi connectivity index (χ2n) is 4.50. The summed E-state index contributed by atoms with van der Waals surface area (Å²) in [5, 5.41) is 3.27. The van der Waals surface area contributed by atoms with Crippen LogP contribution in [0.15, 0.2) is 30.5 Å². The minimum absolute atomic E-state index is 0.0663. The molecule has 1 aromatic heterocycles. The smallest absolute Gasteiger partial charge is 0.223 e. The highest BCUT2D eigenvalue weighted by Gasteiger charge is 2.11. The van der Waals surface area contributed by atoms with E-state index in [-0.39, 0.29) is 6.04 Å². The van der Waals surface area contributed by atoms with Crippen LogP contribution < -0.4 is 14.8 Å². The van der Waals surface area contributed by atoms with Crippen molar-refractivity contribution in [3.63, 3.8) is 0 Å². The third-order valence-corrected chi connectivity index (χ3v) is 3.05. The van der Waals surface area contributed by atoms with E-state index in [1.54, 1.807) is 20.4 Å². The topological polar surface area (TPSA) is 56.3 Å². The Bertz CT molecular complexity index is 587. The summed E-state index contributed by atoms with van der Waals surface area (Å²) in [4.78, 5) is 8.54. The minimum atomic E-state index is 0.0663. The van der Waals surface area contributed by atoms with Crippen molar-refractivity contribution in [3.8, 4) is 11.5 Å². The summed E-state index contributed by atoms with van der Waals surface area (Å²) >= 11 is 0. The first-order valence-corrected chi connectivity index (χ1v) is 6.42. The van der Waals surface area contributed by atoms with Gasteiger partial charge in [0.1, 0.15) is 0 Å². The fourth-order valence-electron chi connectivity index (χ4n) is 1.92. The first-order valence-electron chi connectivity index (χ1n) is 6.42. The fraction of sp³-hybridized carbons (Fsp3) is 0.333. The Morgan fingerprint density at radius 3 is 2.50 bits per heavy atom. The molecule has 0 saturated carbocycles. The lowest BCUT2D eigenvalue weighted by atomic mass is 10.1. The van der Waals surface area contributed by atoms with E-state index in [2.05, 4.69) is 15.3 Å². The fourth-order valence-corrected chi connectivity index (χ4v) is 1.92. The van der Waals surface area contributed by atoms with Crippen molar-refractivity contribution in [1.82, 2.24) is 9.97 Å². The highest BCUT2D eigenvalue weighted by molar-refractivity contribution is 5.45. The number of nitrogens with one attached hydrogen (secondary N) is 1. The lowest BCUT2D eigenvalue weighted by Gasteiger charge is -2.16. The lowest BCUT2D eigenvalue weighted by Crippen LogP contribution is -2.10. The molecule has 0 aliphatic rings. The molecule has 1 aromatic carbocycles. The van der Waals surface area contributed by atoms with Crippen LogP contribution in [0.4, 0.5) is 5.95 Å². The van der Waals surface area contributed by atoms with Crippen LogP contribution in [-0.2, 0) is 0 Å². The number of nitrogens with zero attached hydrogens (tertiary/aromatic N) is 2. The van der Waals surface area contributed by atoms with Gasteiger partial charge in [-0.1, -0.05) is 6.07 Å². The van der Waals surface area contributed by atoms with Crippen LogP contribution in [0.3, 0.4) is 0 Å². The molecular weight excluding hydrogens is 254 g/mol. The molecule has 0 saturated heterocycles. The van der Waals surface area contributed by atoms with Crippen LogP contribution in [0.25, 0.3) is 0 Å². The van der Waals surface area contributed by atoms with Gasteiger partial charge in [0.25, 0.3) is 0 Å². The van der Waals surface area contributed by atoms with E-state index in [0.29, 0.717) is 11.7 Å². The van der Waals surface area contributed by atoms with E-state index in [9.17, 15) is 0 Å². The van der Waals surface area contributed by atoms with Gasteiger partial charge in [0.2, 0.25) is 5.95 Å². The Morgan fingerprint density at radius 2 is 1.85 bits per heavy atom. The van der Waals surface area contributed by atoms with Gasteiger partial charge < -0.3 is 14.8 Å². The van der Waals surface area contributed by atoms with E-state index >= 15 is 0 Å². The molecule has 1 unspecified atom stereocenters. The molecule has 1 atom stereocenters. The molecule has 2 rings (SSSR count). The molecule has 106 valence electrons. The number of aromatic nitrogens is 2. The zero-order valence-corrected chi connectivity index (χ0v) is 12.2. The Morgan fingerprint density at radius 1 is 1.10 bits per heavy atom.